The Morgan fingerprint density at radius 3 is 2.95 bits per heavy atom. The van der Waals surface area contributed by atoms with Crippen molar-refractivity contribution in [1.29, 1.82) is 0 Å². The van der Waals surface area contributed by atoms with E-state index < -0.39 is 0 Å². The van der Waals surface area contributed by atoms with E-state index in [1.54, 1.807) is 0 Å². The first-order valence-corrected chi connectivity index (χ1v) is 7.88. The molecule has 1 aliphatic rings. The van der Waals surface area contributed by atoms with Gasteiger partial charge in [0, 0.05) is 24.7 Å². The molecule has 4 heteroatoms. The summed E-state index contributed by atoms with van der Waals surface area (Å²) in [5, 5.41) is 1.19. The van der Waals surface area contributed by atoms with E-state index in [1.165, 1.54) is 10.9 Å². The lowest BCUT2D eigenvalue weighted by Gasteiger charge is -2.19. The Balaban J connectivity index is 1.68. The van der Waals surface area contributed by atoms with Crippen LogP contribution >= 0.6 is 0 Å². The van der Waals surface area contributed by atoms with Gasteiger partial charge < -0.3 is 9.80 Å². The summed E-state index contributed by atoms with van der Waals surface area (Å²) in [6.07, 6.45) is 3.94. The first-order chi connectivity index (χ1) is 10.6. The second-order valence-corrected chi connectivity index (χ2v) is 6.43. The van der Waals surface area contributed by atoms with Crippen molar-refractivity contribution in [3.05, 3.63) is 42.1 Å². The van der Waals surface area contributed by atoms with Crippen molar-refractivity contribution in [2.45, 2.75) is 12.8 Å². The second-order valence-electron chi connectivity index (χ2n) is 6.43. The fourth-order valence-electron chi connectivity index (χ4n) is 3.24. The van der Waals surface area contributed by atoms with Crippen molar-refractivity contribution >= 4 is 16.8 Å². The number of likely N-dealkylation sites (N-methyl/N-ethyl adjacent to an activating group) is 1. The van der Waals surface area contributed by atoms with Crippen LogP contribution in [0.5, 0.6) is 0 Å². The van der Waals surface area contributed by atoms with Crippen molar-refractivity contribution < 1.29 is 4.79 Å². The summed E-state index contributed by atoms with van der Waals surface area (Å²) in [5.41, 5.74) is 2.40. The molecule has 4 nitrogen and oxygen atoms in total. The Bertz CT molecular complexity index is 663. The third kappa shape index (κ3) is 3.28. The molecular formula is C18H23N3O. The standard InChI is InChI=1S/C18H23N3O/c1-20(2)13-17(22)21-10-8-14(12-21)11-16-6-3-5-15-7-4-9-19-18(15)16/h3-7,9,14H,8,10-13H2,1-2H3. The van der Waals surface area contributed by atoms with E-state index >= 15 is 0 Å². The van der Waals surface area contributed by atoms with Crippen molar-refractivity contribution in [1.82, 2.24) is 14.8 Å². The molecule has 22 heavy (non-hydrogen) atoms. The van der Waals surface area contributed by atoms with Gasteiger partial charge in [0.25, 0.3) is 0 Å². The molecule has 1 fully saturated rings. The summed E-state index contributed by atoms with van der Waals surface area (Å²) in [5.74, 6) is 0.780. The number of nitrogens with zero attached hydrogens (tertiary/aromatic N) is 3. The van der Waals surface area contributed by atoms with E-state index in [9.17, 15) is 4.79 Å². The van der Waals surface area contributed by atoms with Crippen LogP contribution in [-0.2, 0) is 11.2 Å². The number of pyridine rings is 1. The van der Waals surface area contributed by atoms with Crippen molar-refractivity contribution in [2.75, 3.05) is 33.7 Å². The third-order valence-corrected chi connectivity index (χ3v) is 4.31. The Morgan fingerprint density at radius 1 is 1.32 bits per heavy atom. The minimum absolute atomic E-state index is 0.239. The molecule has 1 saturated heterocycles. The van der Waals surface area contributed by atoms with Crippen molar-refractivity contribution in [3.8, 4) is 0 Å². The lowest BCUT2D eigenvalue weighted by Crippen LogP contribution is -2.36. The predicted molar refractivity (Wildman–Crippen MR) is 88.7 cm³/mol. The number of carbonyl (C=O) groups is 1. The van der Waals surface area contributed by atoms with E-state index in [4.69, 9.17) is 0 Å². The van der Waals surface area contributed by atoms with Crippen LogP contribution in [0.4, 0.5) is 0 Å². The minimum Gasteiger partial charge on any atom is -0.341 e. The maximum absolute atomic E-state index is 12.1. The molecule has 0 bridgehead atoms. The van der Waals surface area contributed by atoms with Gasteiger partial charge in [0.05, 0.1) is 12.1 Å². The number of hydrogen-bond acceptors (Lipinski definition) is 3. The molecule has 0 aliphatic carbocycles. The molecule has 2 aromatic rings. The zero-order valence-corrected chi connectivity index (χ0v) is 13.3. The quantitative estimate of drug-likeness (QED) is 0.868. The third-order valence-electron chi connectivity index (χ3n) is 4.31. The molecule has 0 radical (unpaired) electrons. The van der Waals surface area contributed by atoms with Gasteiger partial charge in [0.1, 0.15) is 0 Å². The molecule has 1 aromatic carbocycles. The van der Waals surface area contributed by atoms with Crippen LogP contribution in [0.1, 0.15) is 12.0 Å². The van der Waals surface area contributed by atoms with Gasteiger partial charge in [-0.1, -0.05) is 24.3 Å². The molecular weight excluding hydrogens is 274 g/mol. The highest BCUT2D eigenvalue weighted by molar-refractivity contribution is 5.81. The van der Waals surface area contributed by atoms with E-state index in [-0.39, 0.29) is 5.91 Å². The van der Waals surface area contributed by atoms with Crippen LogP contribution < -0.4 is 0 Å². The topological polar surface area (TPSA) is 36.4 Å². The Hall–Kier alpha value is -1.94. The van der Waals surface area contributed by atoms with Gasteiger partial charge in [0.15, 0.2) is 0 Å². The number of rotatable bonds is 4. The number of aromatic nitrogens is 1. The lowest BCUT2D eigenvalue weighted by atomic mass is 9.97. The van der Waals surface area contributed by atoms with Crippen molar-refractivity contribution in [2.24, 2.45) is 5.92 Å². The molecule has 1 aromatic heterocycles. The highest BCUT2D eigenvalue weighted by atomic mass is 16.2. The SMILES string of the molecule is CN(C)CC(=O)N1CCC(Cc2cccc3cccnc23)C1. The molecule has 3 rings (SSSR count). The molecule has 0 saturated carbocycles. The normalized spacial score (nSPS) is 18.3. The summed E-state index contributed by atoms with van der Waals surface area (Å²) < 4.78 is 0. The smallest absolute Gasteiger partial charge is 0.236 e. The number of carbonyl (C=O) groups excluding carboxylic acids is 1. The van der Waals surface area contributed by atoms with Crippen LogP contribution in [0.3, 0.4) is 0 Å². The number of para-hydroxylation sites is 1. The average Bonchev–Trinajstić information content (AvgIpc) is 2.96. The Kier molecular flexibility index (Phi) is 4.39. The van der Waals surface area contributed by atoms with Crippen LogP contribution in [0, 0.1) is 5.92 Å². The monoisotopic (exact) mass is 297 g/mol. The van der Waals surface area contributed by atoms with Crippen LogP contribution in [0.15, 0.2) is 36.5 Å². The highest BCUT2D eigenvalue weighted by Crippen LogP contribution is 2.24. The highest BCUT2D eigenvalue weighted by Gasteiger charge is 2.26. The predicted octanol–water partition coefficient (Wildman–Crippen LogP) is 2.19. The number of amides is 1. The first-order valence-electron chi connectivity index (χ1n) is 7.88. The van der Waals surface area contributed by atoms with Crippen molar-refractivity contribution in [3.63, 3.8) is 0 Å². The molecule has 0 spiro atoms. The maximum atomic E-state index is 12.1. The summed E-state index contributed by atoms with van der Waals surface area (Å²) in [4.78, 5) is 20.6. The van der Waals surface area contributed by atoms with Crippen LogP contribution in [0.2, 0.25) is 0 Å². The molecule has 1 atom stereocenters. The summed E-state index contributed by atoms with van der Waals surface area (Å²) >= 11 is 0. The van der Waals surface area contributed by atoms with Gasteiger partial charge in [-0.3, -0.25) is 9.78 Å². The number of likely N-dealkylation sites (tertiary alicyclic amines) is 1. The van der Waals surface area contributed by atoms with E-state index in [1.807, 2.05) is 36.2 Å². The second kappa shape index (κ2) is 6.44. The summed E-state index contributed by atoms with van der Waals surface area (Å²) in [6.45, 7) is 2.26. The maximum Gasteiger partial charge on any atom is 0.236 e. The zero-order chi connectivity index (χ0) is 15.5. The average molecular weight is 297 g/mol. The molecule has 1 unspecified atom stereocenters. The fraction of sp³-hybridized carbons (Fsp3) is 0.444. The van der Waals surface area contributed by atoms with Gasteiger partial charge >= 0.3 is 0 Å². The summed E-state index contributed by atoms with van der Waals surface area (Å²) in [6, 6.07) is 10.5. The van der Waals surface area contributed by atoms with Crippen LogP contribution in [-0.4, -0.2) is 54.4 Å². The molecule has 2 heterocycles. The molecule has 116 valence electrons. The summed E-state index contributed by atoms with van der Waals surface area (Å²) in [7, 11) is 3.88. The van der Waals surface area contributed by atoms with Gasteiger partial charge in [-0.05, 0) is 44.5 Å². The van der Waals surface area contributed by atoms with Gasteiger partial charge in [-0.25, -0.2) is 0 Å². The molecule has 1 amide bonds. The van der Waals surface area contributed by atoms with E-state index in [2.05, 4.69) is 29.2 Å². The lowest BCUT2D eigenvalue weighted by molar-refractivity contribution is -0.130. The largest absolute Gasteiger partial charge is 0.341 e. The van der Waals surface area contributed by atoms with Gasteiger partial charge in [0.2, 0.25) is 5.91 Å². The Morgan fingerprint density at radius 2 is 2.14 bits per heavy atom. The van der Waals surface area contributed by atoms with Gasteiger partial charge in [-0.2, -0.15) is 0 Å². The van der Waals surface area contributed by atoms with Crippen LogP contribution in [0.25, 0.3) is 10.9 Å². The molecule has 1 aliphatic heterocycles. The first kappa shape index (κ1) is 15.0. The van der Waals surface area contributed by atoms with E-state index in [0.717, 1.165) is 31.4 Å². The number of hydrogen-bond donors (Lipinski definition) is 0. The zero-order valence-electron chi connectivity index (χ0n) is 13.3. The Labute approximate surface area is 131 Å². The van der Waals surface area contributed by atoms with Gasteiger partial charge in [-0.15, -0.1) is 0 Å². The minimum atomic E-state index is 0.239. The van der Waals surface area contributed by atoms with E-state index in [0.29, 0.717) is 12.5 Å². The number of fused-ring (bicyclic) bond motifs is 1. The number of benzene rings is 1. The molecule has 0 N–H and O–H groups in total. The fourth-order valence-corrected chi connectivity index (χ4v) is 3.24.